The van der Waals surface area contributed by atoms with Crippen LogP contribution in [-0.4, -0.2) is 34.8 Å². The molecule has 1 N–H and O–H groups in total. The molecule has 0 aliphatic heterocycles. The summed E-state index contributed by atoms with van der Waals surface area (Å²) in [6.07, 6.45) is 3.68. The number of alkyl halides is 3. The van der Waals surface area contributed by atoms with Gasteiger partial charge in [0.1, 0.15) is 12.4 Å². The van der Waals surface area contributed by atoms with Crippen LogP contribution in [0.4, 0.5) is 13.2 Å². The summed E-state index contributed by atoms with van der Waals surface area (Å²) in [5.74, 6) is -1.23. The Kier molecular flexibility index (Phi) is 8.14. The van der Waals surface area contributed by atoms with Crippen molar-refractivity contribution in [2.24, 2.45) is 14.1 Å². The standard InChI is InChI=1S/C15H21N2O3.CHF3O3S/c1-4-19-15(18,14-16(2)10-11-17(14)3)20-12-13-8-6-5-7-9-13;2-1(3,4)8(5,6)7/h5-11,18H,4,12H2,1-3H3;(H,5,6,7)/q+1;/p-1. The van der Waals surface area contributed by atoms with Crippen molar-refractivity contribution in [2.75, 3.05) is 6.61 Å². The molecule has 158 valence electrons. The molecule has 1 aromatic carbocycles. The highest BCUT2D eigenvalue weighted by Crippen LogP contribution is 2.23. The van der Waals surface area contributed by atoms with E-state index in [0.717, 1.165) is 5.56 Å². The fourth-order valence-electron chi connectivity index (χ4n) is 2.16. The molecule has 1 atom stereocenters. The van der Waals surface area contributed by atoms with Crippen LogP contribution in [0.15, 0.2) is 42.7 Å². The predicted octanol–water partition coefficient (Wildman–Crippen LogP) is 1.26. The third-order valence-electron chi connectivity index (χ3n) is 3.37. The van der Waals surface area contributed by atoms with Crippen molar-refractivity contribution in [3.8, 4) is 0 Å². The van der Waals surface area contributed by atoms with E-state index in [1.807, 2.05) is 63.7 Å². The predicted molar refractivity (Wildman–Crippen MR) is 89.1 cm³/mol. The summed E-state index contributed by atoms with van der Waals surface area (Å²) in [6, 6.07) is 9.69. The number of ether oxygens (including phenoxy) is 2. The van der Waals surface area contributed by atoms with E-state index in [1.165, 1.54) is 0 Å². The Hall–Kier alpha value is -1.99. The quantitative estimate of drug-likeness (QED) is 0.323. The fraction of sp³-hybridized carbons (Fsp3) is 0.438. The lowest BCUT2D eigenvalue weighted by Crippen LogP contribution is -2.46. The molecule has 2 rings (SSSR count). The second-order valence-corrected chi connectivity index (χ2v) is 6.90. The molecule has 8 nitrogen and oxygen atoms in total. The Morgan fingerprint density at radius 2 is 1.75 bits per heavy atom. The lowest BCUT2D eigenvalue weighted by atomic mass is 10.2. The zero-order valence-electron chi connectivity index (χ0n) is 15.4. The summed E-state index contributed by atoms with van der Waals surface area (Å²) in [6.45, 7) is 2.43. The van der Waals surface area contributed by atoms with E-state index in [1.54, 1.807) is 9.13 Å². The van der Waals surface area contributed by atoms with Crippen molar-refractivity contribution in [1.29, 1.82) is 0 Å². The lowest BCUT2D eigenvalue weighted by Gasteiger charge is -2.24. The van der Waals surface area contributed by atoms with Gasteiger partial charge in [0.2, 0.25) is 0 Å². The van der Waals surface area contributed by atoms with E-state index in [-0.39, 0.29) is 6.61 Å². The van der Waals surface area contributed by atoms with E-state index < -0.39 is 21.6 Å². The van der Waals surface area contributed by atoms with Gasteiger partial charge in [-0.3, -0.25) is 0 Å². The number of rotatable bonds is 6. The van der Waals surface area contributed by atoms with Gasteiger partial charge in [0, 0.05) is 0 Å². The molecule has 1 aromatic heterocycles. The molecule has 0 saturated heterocycles. The highest BCUT2D eigenvalue weighted by molar-refractivity contribution is 7.86. The van der Waals surface area contributed by atoms with Gasteiger partial charge in [-0.2, -0.15) is 13.2 Å². The van der Waals surface area contributed by atoms with Crippen LogP contribution in [-0.2, 0) is 46.3 Å². The van der Waals surface area contributed by atoms with Crippen molar-refractivity contribution in [3.05, 3.63) is 54.1 Å². The average Bonchev–Trinajstić information content (AvgIpc) is 2.92. The van der Waals surface area contributed by atoms with Crippen LogP contribution in [0.3, 0.4) is 0 Å². The number of benzene rings is 1. The van der Waals surface area contributed by atoms with Crippen LogP contribution in [0.2, 0.25) is 0 Å². The van der Waals surface area contributed by atoms with Gasteiger partial charge in [-0.05, 0) is 12.5 Å². The van der Waals surface area contributed by atoms with Crippen molar-refractivity contribution >= 4 is 10.1 Å². The molecule has 1 unspecified atom stereocenters. The van der Waals surface area contributed by atoms with Crippen LogP contribution in [0.25, 0.3) is 0 Å². The van der Waals surface area contributed by atoms with Crippen LogP contribution in [0.1, 0.15) is 18.3 Å². The smallest absolute Gasteiger partial charge is 0.485 e. The molecule has 28 heavy (non-hydrogen) atoms. The van der Waals surface area contributed by atoms with E-state index in [4.69, 9.17) is 22.4 Å². The van der Waals surface area contributed by atoms with Crippen molar-refractivity contribution in [2.45, 2.75) is 25.0 Å². The van der Waals surface area contributed by atoms with Gasteiger partial charge in [0.15, 0.2) is 10.1 Å². The first-order valence-electron chi connectivity index (χ1n) is 7.89. The molecule has 2 aromatic rings. The summed E-state index contributed by atoms with van der Waals surface area (Å²) in [7, 11) is -2.41. The van der Waals surface area contributed by atoms with Gasteiger partial charge in [0.05, 0.1) is 27.3 Å². The number of nitrogens with zero attached hydrogens (tertiary/aromatic N) is 2. The first-order valence-corrected chi connectivity index (χ1v) is 9.30. The maximum atomic E-state index is 10.7. The normalized spacial score (nSPS) is 14.1. The Labute approximate surface area is 160 Å². The van der Waals surface area contributed by atoms with Crippen LogP contribution >= 0.6 is 0 Å². The topological polar surface area (TPSA) is 105 Å². The first-order chi connectivity index (χ1) is 12.8. The summed E-state index contributed by atoms with van der Waals surface area (Å²) < 4.78 is 73.6. The summed E-state index contributed by atoms with van der Waals surface area (Å²) in [5.41, 5.74) is -4.67. The molecule has 0 spiro atoms. The second-order valence-electron chi connectivity index (χ2n) is 5.53. The van der Waals surface area contributed by atoms with Gasteiger partial charge < -0.3 is 19.1 Å². The largest absolute Gasteiger partial charge is 0.741 e. The zero-order valence-corrected chi connectivity index (χ0v) is 16.2. The number of aromatic nitrogens is 2. The molecule has 0 bridgehead atoms. The monoisotopic (exact) mass is 426 g/mol. The van der Waals surface area contributed by atoms with Crippen LogP contribution < -0.4 is 4.57 Å². The Morgan fingerprint density at radius 3 is 2.14 bits per heavy atom. The van der Waals surface area contributed by atoms with Crippen LogP contribution in [0, 0.1) is 0 Å². The van der Waals surface area contributed by atoms with E-state index in [9.17, 15) is 18.3 Å². The van der Waals surface area contributed by atoms with E-state index >= 15 is 0 Å². The highest BCUT2D eigenvalue weighted by Gasteiger charge is 2.43. The number of imidazole rings is 1. The number of hydrogen-bond acceptors (Lipinski definition) is 6. The number of halogens is 3. The third-order valence-corrected chi connectivity index (χ3v) is 3.93. The summed E-state index contributed by atoms with van der Waals surface area (Å²) in [5, 5.41) is 10.7. The van der Waals surface area contributed by atoms with Crippen LogP contribution in [0.5, 0.6) is 0 Å². The molecule has 0 fully saturated rings. The SMILES string of the molecule is CCOC(O)(OCc1ccccc1)c1n(C)cc[n+]1C.O=S(=O)([O-])C(F)(F)F. The average molecular weight is 426 g/mol. The molecule has 0 amide bonds. The van der Waals surface area contributed by atoms with Gasteiger partial charge >= 0.3 is 17.3 Å². The lowest BCUT2D eigenvalue weighted by molar-refractivity contribution is -0.700. The molecular formula is C16H21F3N2O6S. The minimum Gasteiger partial charge on any atom is -0.741 e. The number of hydrogen-bond donors (Lipinski definition) is 1. The fourth-order valence-corrected chi connectivity index (χ4v) is 2.16. The van der Waals surface area contributed by atoms with E-state index in [0.29, 0.717) is 12.4 Å². The van der Waals surface area contributed by atoms with Gasteiger partial charge in [-0.1, -0.05) is 30.3 Å². The number of aryl methyl sites for hydroxylation is 2. The summed E-state index contributed by atoms with van der Waals surface area (Å²) >= 11 is 0. The van der Waals surface area contributed by atoms with Gasteiger partial charge in [-0.15, -0.1) is 0 Å². The molecule has 12 heteroatoms. The molecule has 0 radical (unpaired) electrons. The maximum Gasteiger partial charge on any atom is 0.485 e. The minimum atomic E-state index is -6.09. The van der Waals surface area contributed by atoms with Gasteiger partial charge in [0.25, 0.3) is 0 Å². The summed E-state index contributed by atoms with van der Waals surface area (Å²) in [4.78, 5) is 0. The van der Waals surface area contributed by atoms with Crippen molar-refractivity contribution in [3.63, 3.8) is 0 Å². The molecular weight excluding hydrogens is 405 g/mol. The van der Waals surface area contributed by atoms with Crippen molar-refractivity contribution in [1.82, 2.24) is 4.57 Å². The van der Waals surface area contributed by atoms with E-state index in [2.05, 4.69) is 0 Å². The molecule has 0 aliphatic rings. The first kappa shape index (κ1) is 24.0. The highest BCUT2D eigenvalue weighted by atomic mass is 32.2. The maximum absolute atomic E-state index is 10.7. The molecule has 0 saturated carbocycles. The Balaban J connectivity index is 0.000000416. The Bertz CT molecular complexity index is 836. The van der Waals surface area contributed by atoms with Crippen molar-refractivity contribution < 1.29 is 45.3 Å². The number of aliphatic hydroxyl groups is 1. The Morgan fingerprint density at radius 1 is 1.21 bits per heavy atom. The zero-order chi connectivity index (χ0) is 21.6. The minimum absolute atomic E-state index is 0.266. The third kappa shape index (κ3) is 6.56. The molecule has 0 aliphatic carbocycles. The second kappa shape index (κ2) is 9.47. The van der Waals surface area contributed by atoms with Gasteiger partial charge in [-0.25, -0.2) is 17.6 Å². The molecule has 1 heterocycles.